The minimum absolute atomic E-state index is 0.232. The zero-order valence-electron chi connectivity index (χ0n) is 9.55. The molecule has 0 aliphatic carbocycles. The molecule has 2 aromatic rings. The van der Waals surface area contributed by atoms with E-state index in [0.29, 0.717) is 10.7 Å². The number of carbonyl (C=O) groups is 1. The van der Waals surface area contributed by atoms with Crippen molar-refractivity contribution in [3.05, 3.63) is 52.7 Å². The van der Waals surface area contributed by atoms with Gasteiger partial charge in [0.2, 0.25) is 0 Å². The highest BCUT2D eigenvalue weighted by Crippen LogP contribution is 2.27. The summed E-state index contributed by atoms with van der Waals surface area (Å²) in [5, 5.41) is 10.4. The van der Waals surface area contributed by atoms with E-state index >= 15 is 0 Å². The van der Waals surface area contributed by atoms with Gasteiger partial charge in [0.1, 0.15) is 5.03 Å². The van der Waals surface area contributed by atoms with Crippen LogP contribution in [0.2, 0.25) is 5.02 Å². The lowest BCUT2D eigenvalue weighted by Crippen LogP contribution is -2.01. The number of aromatic carboxylic acids is 1. The predicted octanol–water partition coefficient (Wildman–Crippen LogP) is 3.89. The fourth-order valence-corrected chi connectivity index (χ4v) is 2.40. The van der Waals surface area contributed by atoms with Crippen LogP contribution in [0.5, 0.6) is 0 Å². The van der Waals surface area contributed by atoms with E-state index in [-0.39, 0.29) is 5.56 Å². The molecule has 0 aliphatic rings. The number of benzene rings is 1. The Morgan fingerprint density at radius 1 is 1.22 bits per heavy atom. The molecule has 0 spiro atoms. The quantitative estimate of drug-likeness (QED) is 0.926. The van der Waals surface area contributed by atoms with Gasteiger partial charge >= 0.3 is 5.97 Å². The van der Waals surface area contributed by atoms with Crippen LogP contribution < -0.4 is 0 Å². The van der Waals surface area contributed by atoms with Crippen LogP contribution in [0.25, 0.3) is 0 Å². The van der Waals surface area contributed by atoms with Gasteiger partial charge in [0.15, 0.2) is 0 Å². The summed E-state index contributed by atoms with van der Waals surface area (Å²) in [6, 6.07) is 10.7. The van der Waals surface area contributed by atoms with Crippen molar-refractivity contribution in [2.24, 2.45) is 0 Å². The first kappa shape index (κ1) is 12.9. The number of carboxylic acid groups (broad SMARTS) is 1. The number of hydrogen-bond donors (Lipinski definition) is 1. The second-order valence-electron chi connectivity index (χ2n) is 3.64. The van der Waals surface area contributed by atoms with E-state index in [1.165, 1.54) is 11.8 Å². The van der Waals surface area contributed by atoms with Crippen LogP contribution in [0.15, 0.2) is 46.3 Å². The third kappa shape index (κ3) is 3.03. The second kappa shape index (κ2) is 5.42. The van der Waals surface area contributed by atoms with Gasteiger partial charge in [0.25, 0.3) is 0 Å². The maximum atomic E-state index is 10.9. The van der Waals surface area contributed by atoms with Gasteiger partial charge in [-0.2, -0.15) is 0 Å². The van der Waals surface area contributed by atoms with Gasteiger partial charge in [0, 0.05) is 9.92 Å². The summed E-state index contributed by atoms with van der Waals surface area (Å²) in [6.45, 7) is 1.69. The molecule has 2 rings (SSSR count). The molecular weight excluding hydrogens is 270 g/mol. The number of rotatable bonds is 3. The van der Waals surface area contributed by atoms with Crippen molar-refractivity contribution in [1.82, 2.24) is 4.98 Å². The molecule has 1 heterocycles. The van der Waals surface area contributed by atoms with Crippen molar-refractivity contribution in [1.29, 1.82) is 0 Å². The van der Waals surface area contributed by atoms with Crippen molar-refractivity contribution >= 4 is 29.3 Å². The standard InChI is InChI=1S/C13H10ClNO2S/c1-8-11(13(16)17)6-7-12(15-8)18-10-4-2-9(14)3-5-10/h2-7H,1H3,(H,16,17). The normalized spacial score (nSPS) is 10.3. The molecule has 0 saturated carbocycles. The second-order valence-corrected chi connectivity index (χ2v) is 5.17. The minimum Gasteiger partial charge on any atom is -0.478 e. The van der Waals surface area contributed by atoms with E-state index in [1.807, 2.05) is 24.3 Å². The zero-order chi connectivity index (χ0) is 13.1. The number of aromatic nitrogens is 1. The molecular formula is C13H10ClNO2S. The van der Waals surface area contributed by atoms with Crippen LogP contribution in [0, 0.1) is 6.92 Å². The fourth-order valence-electron chi connectivity index (χ4n) is 1.44. The van der Waals surface area contributed by atoms with Crippen molar-refractivity contribution in [2.45, 2.75) is 16.8 Å². The molecule has 92 valence electrons. The van der Waals surface area contributed by atoms with E-state index in [9.17, 15) is 4.79 Å². The third-order valence-corrected chi connectivity index (χ3v) is 3.52. The number of pyridine rings is 1. The van der Waals surface area contributed by atoms with Gasteiger partial charge in [-0.05, 0) is 43.3 Å². The summed E-state index contributed by atoms with van der Waals surface area (Å²) in [7, 11) is 0. The molecule has 1 aromatic heterocycles. The molecule has 1 N–H and O–H groups in total. The lowest BCUT2D eigenvalue weighted by Gasteiger charge is -2.04. The highest BCUT2D eigenvalue weighted by atomic mass is 35.5. The maximum absolute atomic E-state index is 10.9. The first-order valence-electron chi connectivity index (χ1n) is 5.20. The third-order valence-electron chi connectivity index (χ3n) is 2.33. The monoisotopic (exact) mass is 279 g/mol. The highest BCUT2D eigenvalue weighted by Gasteiger charge is 2.09. The van der Waals surface area contributed by atoms with Crippen LogP contribution in [-0.2, 0) is 0 Å². The molecule has 0 atom stereocenters. The fraction of sp³-hybridized carbons (Fsp3) is 0.0769. The summed E-state index contributed by atoms with van der Waals surface area (Å²) >= 11 is 7.27. The SMILES string of the molecule is Cc1nc(Sc2ccc(Cl)cc2)ccc1C(=O)O. The van der Waals surface area contributed by atoms with E-state index in [2.05, 4.69) is 4.98 Å². The molecule has 0 unspecified atom stereocenters. The Kier molecular flexibility index (Phi) is 3.89. The Hall–Kier alpha value is -1.52. The van der Waals surface area contributed by atoms with E-state index in [0.717, 1.165) is 9.92 Å². The van der Waals surface area contributed by atoms with Gasteiger partial charge in [-0.25, -0.2) is 9.78 Å². The average molecular weight is 280 g/mol. The molecule has 18 heavy (non-hydrogen) atoms. The molecule has 3 nitrogen and oxygen atoms in total. The summed E-state index contributed by atoms with van der Waals surface area (Å²) in [4.78, 5) is 16.1. The largest absolute Gasteiger partial charge is 0.478 e. The van der Waals surface area contributed by atoms with Gasteiger partial charge < -0.3 is 5.11 Å². The summed E-state index contributed by atoms with van der Waals surface area (Å²) in [6.07, 6.45) is 0. The molecule has 0 saturated heterocycles. The van der Waals surface area contributed by atoms with Crippen LogP contribution >= 0.6 is 23.4 Å². The van der Waals surface area contributed by atoms with Crippen molar-refractivity contribution in [3.8, 4) is 0 Å². The van der Waals surface area contributed by atoms with E-state index in [4.69, 9.17) is 16.7 Å². The average Bonchev–Trinajstić information content (AvgIpc) is 2.32. The lowest BCUT2D eigenvalue weighted by atomic mass is 10.2. The Balaban J connectivity index is 2.22. The van der Waals surface area contributed by atoms with Crippen molar-refractivity contribution in [3.63, 3.8) is 0 Å². The van der Waals surface area contributed by atoms with Crippen molar-refractivity contribution in [2.75, 3.05) is 0 Å². The van der Waals surface area contributed by atoms with Gasteiger partial charge in [-0.3, -0.25) is 0 Å². The smallest absolute Gasteiger partial charge is 0.337 e. The Labute approximate surface area is 114 Å². The molecule has 5 heteroatoms. The van der Waals surface area contributed by atoms with Crippen LogP contribution in [0.4, 0.5) is 0 Å². The summed E-state index contributed by atoms with van der Waals surface area (Å²) < 4.78 is 0. The Morgan fingerprint density at radius 2 is 1.89 bits per heavy atom. The first-order valence-corrected chi connectivity index (χ1v) is 6.40. The van der Waals surface area contributed by atoms with Crippen LogP contribution in [-0.4, -0.2) is 16.1 Å². The predicted molar refractivity (Wildman–Crippen MR) is 71.5 cm³/mol. The van der Waals surface area contributed by atoms with Gasteiger partial charge in [-0.1, -0.05) is 23.4 Å². The molecule has 1 aromatic carbocycles. The maximum Gasteiger partial charge on any atom is 0.337 e. The van der Waals surface area contributed by atoms with Gasteiger partial charge in [0.05, 0.1) is 11.3 Å². The number of carboxylic acids is 1. The Morgan fingerprint density at radius 3 is 2.44 bits per heavy atom. The Bertz CT molecular complexity index is 584. The summed E-state index contributed by atoms with van der Waals surface area (Å²) in [5.41, 5.74) is 0.747. The minimum atomic E-state index is -0.956. The molecule has 0 aliphatic heterocycles. The number of hydrogen-bond acceptors (Lipinski definition) is 3. The lowest BCUT2D eigenvalue weighted by molar-refractivity contribution is 0.0695. The van der Waals surface area contributed by atoms with E-state index < -0.39 is 5.97 Å². The number of nitrogens with zero attached hydrogens (tertiary/aromatic N) is 1. The van der Waals surface area contributed by atoms with E-state index in [1.54, 1.807) is 19.1 Å². The number of aryl methyl sites for hydroxylation is 1. The highest BCUT2D eigenvalue weighted by molar-refractivity contribution is 7.99. The summed E-state index contributed by atoms with van der Waals surface area (Å²) in [5.74, 6) is -0.956. The molecule has 0 radical (unpaired) electrons. The topological polar surface area (TPSA) is 50.2 Å². The molecule has 0 fully saturated rings. The van der Waals surface area contributed by atoms with Crippen LogP contribution in [0.1, 0.15) is 16.1 Å². The first-order chi connectivity index (χ1) is 8.56. The number of halogens is 1. The van der Waals surface area contributed by atoms with Gasteiger partial charge in [-0.15, -0.1) is 0 Å². The zero-order valence-corrected chi connectivity index (χ0v) is 11.1. The van der Waals surface area contributed by atoms with Crippen LogP contribution in [0.3, 0.4) is 0 Å². The molecule has 0 amide bonds. The molecule has 0 bridgehead atoms. The van der Waals surface area contributed by atoms with Crippen molar-refractivity contribution < 1.29 is 9.90 Å².